The molecule has 2 aromatic heterocycles. The van der Waals surface area contributed by atoms with Crippen LogP contribution in [-0.4, -0.2) is 37.2 Å². The standard InChI is InChI=1S/C9H10FN7S/c1-11-8-12-4-6(10)7(13-8)18-9-14-15-16-17(9)5-2-3-5/h4-5H,2-3H2,1H3,(H,11,12,13). The first-order chi connectivity index (χ1) is 8.78. The normalized spacial score (nSPS) is 14.8. The van der Waals surface area contributed by atoms with Gasteiger partial charge in [0.1, 0.15) is 5.03 Å². The number of anilines is 1. The van der Waals surface area contributed by atoms with Gasteiger partial charge in [0.25, 0.3) is 0 Å². The molecule has 0 amide bonds. The number of nitrogens with zero attached hydrogens (tertiary/aromatic N) is 6. The Labute approximate surface area is 106 Å². The predicted molar refractivity (Wildman–Crippen MR) is 61.7 cm³/mol. The van der Waals surface area contributed by atoms with E-state index in [0.717, 1.165) is 30.8 Å². The van der Waals surface area contributed by atoms with Crippen molar-refractivity contribution in [3.63, 3.8) is 0 Å². The molecule has 0 aromatic carbocycles. The SMILES string of the molecule is CNc1ncc(F)c(Sc2nnnn2C2CC2)n1. The molecule has 3 rings (SSSR count). The number of rotatable bonds is 4. The van der Waals surface area contributed by atoms with Crippen LogP contribution >= 0.6 is 11.8 Å². The highest BCUT2D eigenvalue weighted by Gasteiger charge is 2.28. The van der Waals surface area contributed by atoms with Crippen LogP contribution in [-0.2, 0) is 0 Å². The third-order valence-corrected chi connectivity index (χ3v) is 3.41. The fourth-order valence-electron chi connectivity index (χ4n) is 1.43. The zero-order chi connectivity index (χ0) is 12.5. The van der Waals surface area contributed by atoms with Crippen LogP contribution in [0.3, 0.4) is 0 Å². The Morgan fingerprint density at radius 3 is 3.06 bits per heavy atom. The van der Waals surface area contributed by atoms with E-state index in [2.05, 4.69) is 30.8 Å². The van der Waals surface area contributed by atoms with Crippen molar-refractivity contribution in [1.82, 2.24) is 30.2 Å². The molecule has 1 fully saturated rings. The van der Waals surface area contributed by atoms with E-state index in [-0.39, 0.29) is 5.03 Å². The molecule has 1 aliphatic rings. The molecule has 0 bridgehead atoms. The Morgan fingerprint density at radius 2 is 2.33 bits per heavy atom. The number of hydrogen-bond acceptors (Lipinski definition) is 7. The van der Waals surface area contributed by atoms with Crippen LogP contribution in [0.4, 0.5) is 10.3 Å². The quantitative estimate of drug-likeness (QED) is 0.831. The largest absolute Gasteiger partial charge is 0.357 e. The maximum atomic E-state index is 13.6. The van der Waals surface area contributed by atoms with Crippen molar-refractivity contribution in [1.29, 1.82) is 0 Å². The Hall–Kier alpha value is -1.77. The maximum absolute atomic E-state index is 13.6. The highest BCUT2D eigenvalue weighted by molar-refractivity contribution is 7.99. The molecule has 0 unspecified atom stereocenters. The summed E-state index contributed by atoms with van der Waals surface area (Å²) in [5.74, 6) is -0.117. The summed E-state index contributed by atoms with van der Waals surface area (Å²) in [7, 11) is 1.68. The van der Waals surface area contributed by atoms with Gasteiger partial charge in [-0.25, -0.2) is 19.0 Å². The van der Waals surface area contributed by atoms with E-state index in [1.165, 1.54) is 0 Å². The van der Waals surface area contributed by atoms with Gasteiger partial charge >= 0.3 is 0 Å². The van der Waals surface area contributed by atoms with Crippen LogP contribution in [0.15, 0.2) is 16.4 Å². The Morgan fingerprint density at radius 1 is 1.50 bits per heavy atom. The first kappa shape index (κ1) is 11.3. The molecule has 94 valence electrons. The van der Waals surface area contributed by atoms with E-state index in [1.54, 1.807) is 11.7 Å². The lowest BCUT2D eigenvalue weighted by Crippen LogP contribution is -2.02. The average Bonchev–Trinajstić information content (AvgIpc) is 3.13. The van der Waals surface area contributed by atoms with Crippen LogP contribution in [0.2, 0.25) is 0 Å². The van der Waals surface area contributed by atoms with E-state index in [9.17, 15) is 4.39 Å². The van der Waals surface area contributed by atoms with Crippen LogP contribution in [0.1, 0.15) is 18.9 Å². The molecule has 9 heteroatoms. The topological polar surface area (TPSA) is 81.4 Å². The molecule has 2 heterocycles. The molecule has 2 aromatic rings. The minimum absolute atomic E-state index is 0.214. The Kier molecular flexibility index (Phi) is 2.82. The van der Waals surface area contributed by atoms with Gasteiger partial charge in [0, 0.05) is 7.05 Å². The van der Waals surface area contributed by atoms with Crippen molar-refractivity contribution in [3.8, 4) is 0 Å². The number of hydrogen-bond donors (Lipinski definition) is 1. The molecular weight excluding hydrogens is 257 g/mol. The number of tetrazole rings is 1. The van der Waals surface area contributed by atoms with Crippen LogP contribution in [0.5, 0.6) is 0 Å². The van der Waals surface area contributed by atoms with Gasteiger partial charge in [-0.2, -0.15) is 0 Å². The van der Waals surface area contributed by atoms with E-state index >= 15 is 0 Å². The van der Waals surface area contributed by atoms with Gasteiger partial charge in [-0.15, -0.1) is 5.10 Å². The lowest BCUT2D eigenvalue weighted by atomic mass is 10.6. The fraction of sp³-hybridized carbons (Fsp3) is 0.444. The third kappa shape index (κ3) is 2.13. The molecule has 1 aliphatic carbocycles. The predicted octanol–water partition coefficient (Wildman–Crippen LogP) is 1.13. The molecule has 0 saturated heterocycles. The second kappa shape index (κ2) is 4.48. The van der Waals surface area contributed by atoms with Crippen LogP contribution in [0.25, 0.3) is 0 Å². The van der Waals surface area contributed by atoms with Gasteiger partial charge < -0.3 is 5.32 Å². The van der Waals surface area contributed by atoms with E-state index in [4.69, 9.17) is 0 Å². The molecule has 7 nitrogen and oxygen atoms in total. The first-order valence-electron chi connectivity index (χ1n) is 5.44. The molecule has 0 atom stereocenters. The van der Waals surface area contributed by atoms with Crippen molar-refractivity contribution >= 4 is 17.7 Å². The minimum Gasteiger partial charge on any atom is -0.357 e. The smallest absolute Gasteiger partial charge is 0.223 e. The minimum atomic E-state index is -0.482. The van der Waals surface area contributed by atoms with Crippen molar-refractivity contribution in [2.75, 3.05) is 12.4 Å². The zero-order valence-corrected chi connectivity index (χ0v) is 10.4. The van der Waals surface area contributed by atoms with Gasteiger partial charge in [-0.05, 0) is 35.0 Å². The van der Waals surface area contributed by atoms with Crippen LogP contribution < -0.4 is 5.32 Å². The molecule has 0 radical (unpaired) electrons. The van der Waals surface area contributed by atoms with Gasteiger partial charge in [0.2, 0.25) is 11.1 Å². The summed E-state index contributed by atoms with van der Waals surface area (Å²) in [4.78, 5) is 7.83. The zero-order valence-electron chi connectivity index (χ0n) is 9.54. The Bertz CT molecular complexity index is 568. The summed E-state index contributed by atoms with van der Waals surface area (Å²) in [6, 6.07) is 0.344. The second-order valence-corrected chi connectivity index (χ2v) is 4.79. The lowest BCUT2D eigenvalue weighted by molar-refractivity contribution is 0.560. The van der Waals surface area contributed by atoms with E-state index < -0.39 is 5.82 Å². The van der Waals surface area contributed by atoms with Gasteiger partial charge in [-0.3, -0.25) is 0 Å². The first-order valence-corrected chi connectivity index (χ1v) is 6.25. The van der Waals surface area contributed by atoms with Crippen molar-refractivity contribution in [2.24, 2.45) is 0 Å². The molecular formula is C9H10FN7S. The third-order valence-electron chi connectivity index (χ3n) is 2.48. The summed E-state index contributed by atoms with van der Waals surface area (Å²) in [5.41, 5.74) is 0. The monoisotopic (exact) mass is 267 g/mol. The summed E-state index contributed by atoms with van der Waals surface area (Å²) in [5, 5.41) is 14.9. The lowest BCUT2D eigenvalue weighted by Gasteiger charge is -2.04. The summed E-state index contributed by atoms with van der Waals surface area (Å²) >= 11 is 1.11. The van der Waals surface area contributed by atoms with Crippen LogP contribution in [0, 0.1) is 5.82 Å². The van der Waals surface area contributed by atoms with Gasteiger partial charge in [0.15, 0.2) is 5.82 Å². The van der Waals surface area contributed by atoms with Crippen molar-refractivity contribution in [2.45, 2.75) is 29.1 Å². The summed E-state index contributed by atoms with van der Waals surface area (Å²) < 4.78 is 15.3. The number of halogens is 1. The van der Waals surface area contributed by atoms with Crippen molar-refractivity contribution in [3.05, 3.63) is 12.0 Å². The Balaban J connectivity index is 1.89. The van der Waals surface area contributed by atoms with E-state index in [0.29, 0.717) is 17.1 Å². The molecule has 18 heavy (non-hydrogen) atoms. The summed E-state index contributed by atoms with van der Waals surface area (Å²) in [6.07, 6.45) is 3.26. The number of nitrogens with one attached hydrogen (secondary N) is 1. The molecule has 0 spiro atoms. The van der Waals surface area contributed by atoms with E-state index in [1.807, 2.05) is 0 Å². The highest BCUT2D eigenvalue weighted by atomic mass is 32.2. The highest BCUT2D eigenvalue weighted by Crippen LogP contribution is 2.37. The van der Waals surface area contributed by atoms with Gasteiger partial charge in [0.05, 0.1) is 12.2 Å². The van der Waals surface area contributed by atoms with Crippen molar-refractivity contribution < 1.29 is 4.39 Å². The molecule has 0 aliphatic heterocycles. The summed E-state index contributed by atoms with van der Waals surface area (Å²) in [6.45, 7) is 0. The maximum Gasteiger partial charge on any atom is 0.223 e. The number of aromatic nitrogens is 6. The van der Waals surface area contributed by atoms with Gasteiger partial charge in [-0.1, -0.05) is 0 Å². The molecule has 1 N–H and O–H groups in total. The molecule has 1 saturated carbocycles. The second-order valence-electron chi connectivity index (χ2n) is 3.84. The fourth-order valence-corrected chi connectivity index (χ4v) is 2.24. The average molecular weight is 267 g/mol.